The van der Waals surface area contributed by atoms with Gasteiger partial charge in [0.05, 0.1) is 4.92 Å². The second kappa shape index (κ2) is 7.60. The molecule has 1 aliphatic rings. The van der Waals surface area contributed by atoms with Crippen molar-refractivity contribution in [3.05, 3.63) is 106 Å². The first-order chi connectivity index (χ1) is 13.2. The van der Waals surface area contributed by atoms with E-state index >= 15 is 0 Å². The first-order valence-corrected chi connectivity index (χ1v) is 9.06. The Morgan fingerprint density at radius 2 is 1.48 bits per heavy atom. The third-order valence-corrected chi connectivity index (χ3v) is 4.99. The largest absolute Gasteiger partial charge is 0.350 e. The number of nitro benzene ring substituents is 1. The summed E-state index contributed by atoms with van der Waals surface area (Å²) in [7, 11) is 0. The molecule has 0 saturated carbocycles. The Kier molecular flexibility index (Phi) is 4.85. The molecule has 0 bridgehead atoms. The summed E-state index contributed by atoms with van der Waals surface area (Å²) in [6.07, 6.45) is 0.105. The standard InChI is InChI=1S/C22H21N3O2/c26-25(27)21-13-11-20(12-14-21)24-16-15-23(17-18-7-3-1-4-8-18)22(24)19-9-5-2-6-10-19/h1-14,22H,15-17H2/t22-/m0/s1. The molecule has 1 saturated heterocycles. The number of rotatable bonds is 5. The molecule has 1 atom stereocenters. The third-order valence-electron chi connectivity index (χ3n) is 4.99. The van der Waals surface area contributed by atoms with Crippen LogP contribution in [0.25, 0.3) is 0 Å². The summed E-state index contributed by atoms with van der Waals surface area (Å²) >= 11 is 0. The lowest BCUT2D eigenvalue weighted by atomic mass is 10.1. The minimum atomic E-state index is -0.357. The summed E-state index contributed by atoms with van der Waals surface area (Å²) in [5.74, 6) is 0. The van der Waals surface area contributed by atoms with Crippen LogP contribution in [0.3, 0.4) is 0 Å². The Balaban J connectivity index is 1.65. The van der Waals surface area contributed by atoms with E-state index in [2.05, 4.69) is 58.3 Å². The van der Waals surface area contributed by atoms with Crippen LogP contribution in [0.5, 0.6) is 0 Å². The predicted molar refractivity (Wildman–Crippen MR) is 106 cm³/mol. The molecule has 0 aromatic heterocycles. The van der Waals surface area contributed by atoms with Gasteiger partial charge < -0.3 is 4.90 Å². The van der Waals surface area contributed by atoms with Gasteiger partial charge in [-0.3, -0.25) is 15.0 Å². The van der Waals surface area contributed by atoms with E-state index in [9.17, 15) is 10.1 Å². The number of non-ortho nitro benzene ring substituents is 1. The van der Waals surface area contributed by atoms with Crippen LogP contribution in [0.1, 0.15) is 17.3 Å². The highest BCUT2D eigenvalue weighted by molar-refractivity contribution is 5.53. The average molecular weight is 359 g/mol. The van der Waals surface area contributed by atoms with Gasteiger partial charge in [0.1, 0.15) is 6.17 Å². The molecule has 0 radical (unpaired) electrons. The van der Waals surface area contributed by atoms with Gasteiger partial charge in [-0.15, -0.1) is 0 Å². The first-order valence-electron chi connectivity index (χ1n) is 9.06. The van der Waals surface area contributed by atoms with E-state index in [4.69, 9.17) is 0 Å². The molecule has 136 valence electrons. The van der Waals surface area contributed by atoms with Crippen LogP contribution < -0.4 is 4.90 Å². The second-order valence-corrected chi connectivity index (χ2v) is 6.71. The molecule has 3 aromatic carbocycles. The fraction of sp³-hybridized carbons (Fsp3) is 0.182. The number of hydrogen-bond acceptors (Lipinski definition) is 4. The fourth-order valence-electron chi connectivity index (χ4n) is 3.71. The summed E-state index contributed by atoms with van der Waals surface area (Å²) in [6, 6.07) is 27.8. The van der Waals surface area contributed by atoms with Crippen LogP contribution in [0.4, 0.5) is 11.4 Å². The molecule has 5 heteroatoms. The SMILES string of the molecule is O=[N+]([O-])c1ccc(N2CCN(Cc3ccccc3)[C@@H]2c2ccccc2)cc1. The van der Waals surface area contributed by atoms with E-state index in [-0.39, 0.29) is 16.8 Å². The molecule has 27 heavy (non-hydrogen) atoms. The fourth-order valence-corrected chi connectivity index (χ4v) is 3.71. The van der Waals surface area contributed by atoms with Crippen LogP contribution in [0.15, 0.2) is 84.9 Å². The maximum atomic E-state index is 11.0. The highest BCUT2D eigenvalue weighted by Gasteiger charge is 2.33. The molecule has 0 N–H and O–H groups in total. The zero-order chi connectivity index (χ0) is 18.6. The lowest BCUT2D eigenvalue weighted by Gasteiger charge is -2.32. The predicted octanol–water partition coefficient (Wildman–Crippen LogP) is 4.62. The number of nitro groups is 1. The van der Waals surface area contributed by atoms with Crippen molar-refractivity contribution in [1.82, 2.24) is 4.90 Å². The highest BCUT2D eigenvalue weighted by Crippen LogP contribution is 2.36. The van der Waals surface area contributed by atoms with Crippen LogP contribution >= 0.6 is 0 Å². The van der Waals surface area contributed by atoms with Gasteiger partial charge in [-0.25, -0.2) is 0 Å². The molecule has 3 aromatic rings. The molecule has 5 nitrogen and oxygen atoms in total. The van der Waals surface area contributed by atoms with Gasteiger partial charge in [0.2, 0.25) is 0 Å². The number of anilines is 1. The van der Waals surface area contributed by atoms with Gasteiger partial charge in [0.25, 0.3) is 5.69 Å². The topological polar surface area (TPSA) is 49.6 Å². The molecule has 1 aliphatic heterocycles. The van der Waals surface area contributed by atoms with Gasteiger partial charge in [-0.05, 0) is 23.3 Å². The van der Waals surface area contributed by atoms with Crippen molar-refractivity contribution in [3.63, 3.8) is 0 Å². The molecule has 0 unspecified atom stereocenters. The van der Waals surface area contributed by atoms with Crippen LogP contribution in [0, 0.1) is 10.1 Å². The minimum absolute atomic E-state index is 0.105. The molecular formula is C22H21N3O2. The average Bonchev–Trinajstić information content (AvgIpc) is 3.13. The van der Waals surface area contributed by atoms with Gasteiger partial charge in [0, 0.05) is 37.5 Å². The van der Waals surface area contributed by atoms with E-state index in [1.54, 1.807) is 12.1 Å². The Bertz CT molecular complexity index is 898. The first kappa shape index (κ1) is 17.2. The lowest BCUT2D eigenvalue weighted by molar-refractivity contribution is -0.384. The van der Waals surface area contributed by atoms with Crippen molar-refractivity contribution in [3.8, 4) is 0 Å². The molecule has 0 spiro atoms. The minimum Gasteiger partial charge on any atom is -0.350 e. The van der Waals surface area contributed by atoms with E-state index in [0.29, 0.717) is 0 Å². The van der Waals surface area contributed by atoms with E-state index in [1.165, 1.54) is 11.1 Å². The van der Waals surface area contributed by atoms with Gasteiger partial charge in [0.15, 0.2) is 0 Å². The zero-order valence-corrected chi connectivity index (χ0v) is 14.9. The summed E-state index contributed by atoms with van der Waals surface area (Å²) in [5.41, 5.74) is 3.63. The number of nitrogens with zero attached hydrogens (tertiary/aromatic N) is 3. The lowest BCUT2D eigenvalue weighted by Crippen LogP contribution is -2.30. The Morgan fingerprint density at radius 3 is 2.11 bits per heavy atom. The third kappa shape index (κ3) is 3.68. The second-order valence-electron chi connectivity index (χ2n) is 6.71. The van der Waals surface area contributed by atoms with Gasteiger partial charge >= 0.3 is 0 Å². The maximum absolute atomic E-state index is 11.0. The molecule has 4 rings (SSSR count). The van der Waals surface area contributed by atoms with Crippen molar-refractivity contribution in [2.75, 3.05) is 18.0 Å². The smallest absolute Gasteiger partial charge is 0.269 e. The molecule has 0 amide bonds. The van der Waals surface area contributed by atoms with Crippen molar-refractivity contribution in [1.29, 1.82) is 0 Å². The normalized spacial score (nSPS) is 17.2. The summed E-state index contributed by atoms with van der Waals surface area (Å²) < 4.78 is 0. The molecular weight excluding hydrogens is 338 g/mol. The van der Waals surface area contributed by atoms with Crippen molar-refractivity contribution in [2.24, 2.45) is 0 Å². The zero-order valence-electron chi connectivity index (χ0n) is 14.9. The molecule has 1 heterocycles. The van der Waals surface area contributed by atoms with Crippen molar-refractivity contribution >= 4 is 11.4 Å². The summed E-state index contributed by atoms with van der Waals surface area (Å²) in [6.45, 7) is 2.68. The number of benzene rings is 3. The number of hydrogen-bond donors (Lipinski definition) is 0. The monoisotopic (exact) mass is 359 g/mol. The maximum Gasteiger partial charge on any atom is 0.269 e. The van der Waals surface area contributed by atoms with Crippen molar-refractivity contribution < 1.29 is 4.92 Å². The van der Waals surface area contributed by atoms with E-state index < -0.39 is 0 Å². The molecule has 1 fully saturated rings. The van der Waals surface area contributed by atoms with Crippen molar-refractivity contribution in [2.45, 2.75) is 12.7 Å². The Labute approximate surface area is 158 Å². The van der Waals surface area contributed by atoms with Crippen LogP contribution in [-0.4, -0.2) is 22.9 Å². The quantitative estimate of drug-likeness (QED) is 0.493. The van der Waals surface area contributed by atoms with Crippen LogP contribution in [0.2, 0.25) is 0 Å². The summed E-state index contributed by atoms with van der Waals surface area (Å²) in [5, 5.41) is 11.0. The van der Waals surface area contributed by atoms with Crippen LogP contribution in [-0.2, 0) is 6.54 Å². The van der Waals surface area contributed by atoms with E-state index in [0.717, 1.165) is 25.3 Å². The Morgan fingerprint density at radius 1 is 0.852 bits per heavy atom. The highest BCUT2D eigenvalue weighted by atomic mass is 16.6. The van der Waals surface area contributed by atoms with Gasteiger partial charge in [-0.1, -0.05) is 60.7 Å². The Hall–Kier alpha value is -3.18. The summed E-state index contributed by atoms with van der Waals surface area (Å²) in [4.78, 5) is 15.4. The van der Waals surface area contributed by atoms with Gasteiger partial charge in [-0.2, -0.15) is 0 Å². The van der Waals surface area contributed by atoms with E-state index in [1.807, 2.05) is 24.3 Å². The molecule has 0 aliphatic carbocycles.